The van der Waals surface area contributed by atoms with Crippen molar-refractivity contribution in [1.29, 1.82) is 0 Å². The average Bonchev–Trinajstić information content (AvgIpc) is 3.21. The molecule has 0 atom stereocenters. The summed E-state index contributed by atoms with van der Waals surface area (Å²) in [5, 5.41) is 0. The SMILES string of the molecule is CCOC(=O)CN(C(=O)c1ccc(I)cc1)C1CC1. The van der Waals surface area contributed by atoms with Gasteiger partial charge < -0.3 is 9.64 Å². The second-order valence-electron chi connectivity index (χ2n) is 4.48. The molecule has 1 aromatic rings. The van der Waals surface area contributed by atoms with E-state index < -0.39 is 0 Å². The fourth-order valence-corrected chi connectivity index (χ4v) is 2.22. The molecule has 0 aromatic heterocycles. The Morgan fingerprint density at radius 2 is 1.95 bits per heavy atom. The molecule has 0 aliphatic heterocycles. The van der Waals surface area contributed by atoms with Crippen LogP contribution in [0.2, 0.25) is 0 Å². The molecule has 5 heteroatoms. The molecule has 19 heavy (non-hydrogen) atoms. The molecule has 102 valence electrons. The van der Waals surface area contributed by atoms with E-state index in [-0.39, 0.29) is 24.5 Å². The maximum atomic E-state index is 12.4. The van der Waals surface area contributed by atoms with Crippen LogP contribution in [0.15, 0.2) is 24.3 Å². The summed E-state index contributed by atoms with van der Waals surface area (Å²) in [4.78, 5) is 25.6. The summed E-state index contributed by atoms with van der Waals surface area (Å²) in [5.41, 5.74) is 0.622. The van der Waals surface area contributed by atoms with Gasteiger partial charge >= 0.3 is 5.97 Å². The number of nitrogens with zero attached hydrogens (tertiary/aromatic N) is 1. The van der Waals surface area contributed by atoms with Crippen molar-refractivity contribution in [2.75, 3.05) is 13.2 Å². The Balaban J connectivity index is 2.08. The zero-order chi connectivity index (χ0) is 13.8. The molecule has 1 aliphatic carbocycles. The van der Waals surface area contributed by atoms with Crippen LogP contribution in [-0.2, 0) is 9.53 Å². The van der Waals surface area contributed by atoms with E-state index in [0.717, 1.165) is 16.4 Å². The van der Waals surface area contributed by atoms with Gasteiger partial charge in [0.2, 0.25) is 0 Å². The molecular weight excluding hydrogens is 357 g/mol. The fraction of sp³-hybridized carbons (Fsp3) is 0.429. The fourth-order valence-electron chi connectivity index (χ4n) is 1.86. The molecule has 0 unspecified atom stereocenters. The normalized spacial score (nSPS) is 14.0. The third kappa shape index (κ3) is 3.92. The number of hydrogen-bond acceptors (Lipinski definition) is 3. The molecule has 1 aromatic carbocycles. The van der Waals surface area contributed by atoms with E-state index in [2.05, 4.69) is 22.6 Å². The lowest BCUT2D eigenvalue weighted by Gasteiger charge is -2.21. The van der Waals surface area contributed by atoms with Crippen molar-refractivity contribution in [3.05, 3.63) is 33.4 Å². The Kier molecular flexibility index (Phi) is 4.79. The van der Waals surface area contributed by atoms with Crippen LogP contribution in [0, 0.1) is 3.57 Å². The predicted molar refractivity (Wildman–Crippen MR) is 79.9 cm³/mol. The van der Waals surface area contributed by atoms with Crippen molar-refractivity contribution in [3.63, 3.8) is 0 Å². The third-order valence-electron chi connectivity index (χ3n) is 2.94. The van der Waals surface area contributed by atoms with Crippen molar-refractivity contribution >= 4 is 34.5 Å². The number of amides is 1. The molecule has 0 saturated heterocycles. The molecular formula is C14H16INO3. The molecule has 0 spiro atoms. The van der Waals surface area contributed by atoms with Gasteiger partial charge in [-0.15, -0.1) is 0 Å². The summed E-state index contributed by atoms with van der Waals surface area (Å²) in [6, 6.07) is 7.57. The Morgan fingerprint density at radius 1 is 1.32 bits per heavy atom. The van der Waals surface area contributed by atoms with Gasteiger partial charge in [-0.2, -0.15) is 0 Å². The summed E-state index contributed by atoms with van der Waals surface area (Å²) in [6.07, 6.45) is 1.94. The maximum Gasteiger partial charge on any atom is 0.325 e. The van der Waals surface area contributed by atoms with Crippen molar-refractivity contribution < 1.29 is 14.3 Å². The smallest absolute Gasteiger partial charge is 0.325 e. The van der Waals surface area contributed by atoms with Crippen LogP contribution in [0.25, 0.3) is 0 Å². The zero-order valence-corrected chi connectivity index (χ0v) is 12.9. The van der Waals surface area contributed by atoms with Crippen molar-refractivity contribution in [1.82, 2.24) is 4.90 Å². The second kappa shape index (κ2) is 6.36. The monoisotopic (exact) mass is 373 g/mol. The van der Waals surface area contributed by atoms with Crippen molar-refractivity contribution in [2.24, 2.45) is 0 Å². The first-order valence-electron chi connectivity index (χ1n) is 6.34. The van der Waals surface area contributed by atoms with Crippen molar-refractivity contribution in [2.45, 2.75) is 25.8 Å². The Morgan fingerprint density at radius 3 is 2.47 bits per heavy atom. The highest BCUT2D eigenvalue weighted by Crippen LogP contribution is 2.28. The molecule has 1 aliphatic rings. The number of ether oxygens (including phenoxy) is 1. The quantitative estimate of drug-likeness (QED) is 0.589. The highest BCUT2D eigenvalue weighted by Gasteiger charge is 2.34. The van der Waals surface area contributed by atoms with E-state index in [4.69, 9.17) is 4.74 Å². The van der Waals surface area contributed by atoms with Gasteiger partial charge in [-0.1, -0.05) is 0 Å². The van der Waals surface area contributed by atoms with E-state index in [1.165, 1.54) is 0 Å². The first-order chi connectivity index (χ1) is 9.11. The molecule has 0 N–H and O–H groups in total. The van der Waals surface area contributed by atoms with Crippen LogP contribution in [-0.4, -0.2) is 36.0 Å². The first kappa shape index (κ1) is 14.3. The lowest BCUT2D eigenvalue weighted by molar-refractivity contribution is -0.144. The van der Waals surface area contributed by atoms with Gasteiger partial charge in [0.25, 0.3) is 5.91 Å². The highest BCUT2D eigenvalue weighted by molar-refractivity contribution is 14.1. The van der Waals surface area contributed by atoms with E-state index >= 15 is 0 Å². The Bertz CT molecular complexity index is 468. The van der Waals surface area contributed by atoms with Gasteiger partial charge in [-0.3, -0.25) is 9.59 Å². The highest BCUT2D eigenvalue weighted by atomic mass is 127. The number of halogens is 1. The van der Waals surface area contributed by atoms with E-state index in [9.17, 15) is 9.59 Å². The standard InChI is InChI=1S/C14H16INO3/c1-2-19-13(17)9-16(12-7-8-12)14(18)10-3-5-11(15)6-4-10/h3-6,12H,2,7-9H2,1H3. The summed E-state index contributed by atoms with van der Waals surface area (Å²) >= 11 is 2.19. The molecule has 2 rings (SSSR count). The maximum absolute atomic E-state index is 12.4. The molecule has 1 saturated carbocycles. The lowest BCUT2D eigenvalue weighted by atomic mass is 10.2. The number of hydrogen-bond donors (Lipinski definition) is 0. The van der Waals surface area contributed by atoms with Gasteiger partial charge in [0.05, 0.1) is 6.61 Å². The topological polar surface area (TPSA) is 46.6 Å². The van der Waals surface area contributed by atoms with Gasteiger partial charge in [0.1, 0.15) is 6.54 Å². The predicted octanol–water partition coefficient (Wildman–Crippen LogP) is 2.46. The van der Waals surface area contributed by atoms with Crippen LogP contribution in [0.5, 0.6) is 0 Å². The van der Waals surface area contributed by atoms with Gasteiger partial charge in [0, 0.05) is 15.2 Å². The number of rotatable bonds is 5. The third-order valence-corrected chi connectivity index (χ3v) is 3.66. The van der Waals surface area contributed by atoms with E-state index in [1.54, 1.807) is 24.0 Å². The Hall–Kier alpha value is -1.11. The largest absolute Gasteiger partial charge is 0.465 e. The molecule has 1 fully saturated rings. The average molecular weight is 373 g/mol. The van der Waals surface area contributed by atoms with Crippen LogP contribution in [0.4, 0.5) is 0 Å². The number of carbonyl (C=O) groups excluding carboxylic acids is 2. The number of benzene rings is 1. The van der Waals surface area contributed by atoms with Crippen LogP contribution < -0.4 is 0 Å². The van der Waals surface area contributed by atoms with E-state index in [1.807, 2.05) is 12.1 Å². The molecule has 0 radical (unpaired) electrons. The molecule has 1 amide bonds. The Labute approximate surface area is 126 Å². The van der Waals surface area contributed by atoms with Crippen LogP contribution in [0.3, 0.4) is 0 Å². The first-order valence-corrected chi connectivity index (χ1v) is 7.42. The van der Waals surface area contributed by atoms with Gasteiger partial charge in [-0.05, 0) is 66.6 Å². The van der Waals surface area contributed by atoms with Crippen LogP contribution >= 0.6 is 22.6 Å². The van der Waals surface area contributed by atoms with Crippen LogP contribution in [0.1, 0.15) is 30.1 Å². The van der Waals surface area contributed by atoms with Crippen molar-refractivity contribution in [3.8, 4) is 0 Å². The minimum Gasteiger partial charge on any atom is -0.465 e. The number of carbonyl (C=O) groups is 2. The summed E-state index contributed by atoms with van der Waals surface area (Å²) in [6.45, 7) is 2.15. The summed E-state index contributed by atoms with van der Waals surface area (Å²) < 4.78 is 6.00. The second-order valence-corrected chi connectivity index (χ2v) is 5.72. The number of esters is 1. The summed E-state index contributed by atoms with van der Waals surface area (Å²) in [7, 11) is 0. The summed E-state index contributed by atoms with van der Waals surface area (Å²) in [5.74, 6) is -0.430. The minimum absolute atomic E-state index is 0.0450. The zero-order valence-electron chi connectivity index (χ0n) is 10.8. The van der Waals surface area contributed by atoms with E-state index in [0.29, 0.717) is 12.2 Å². The van der Waals surface area contributed by atoms with Gasteiger partial charge in [-0.25, -0.2) is 0 Å². The lowest BCUT2D eigenvalue weighted by Crippen LogP contribution is -2.38. The molecule has 0 bridgehead atoms. The minimum atomic E-state index is -0.340. The molecule has 0 heterocycles. The molecule has 4 nitrogen and oxygen atoms in total. The van der Waals surface area contributed by atoms with Gasteiger partial charge in [0.15, 0.2) is 0 Å².